The highest BCUT2D eigenvalue weighted by Gasteiger charge is 2.34. The normalized spacial score (nSPS) is 14.6. The fourth-order valence-corrected chi connectivity index (χ4v) is 4.54. The molecule has 0 unspecified atom stereocenters. The first-order valence-electron chi connectivity index (χ1n) is 11.4. The van der Waals surface area contributed by atoms with Crippen LogP contribution in [0.25, 0.3) is 39.6 Å². The Bertz CT molecular complexity index is 1470. The number of aromatic nitrogens is 5. The molecule has 3 heterocycles. The number of hydrogen-bond donors (Lipinski definition) is 1. The van der Waals surface area contributed by atoms with Gasteiger partial charge >= 0.3 is 0 Å². The Morgan fingerprint density at radius 3 is 2.44 bits per heavy atom. The van der Waals surface area contributed by atoms with Crippen LogP contribution in [0.5, 0.6) is 5.75 Å². The van der Waals surface area contributed by atoms with E-state index in [0.717, 1.165) is 35.2 Å². The molecule has 1 aliphatic carbocycles. The van der Waals surface area contributed by atoms with Crippen LogP contribution in [-0.2, 0) is 5.54 Å². The van der Waals surface area contributed by atoms with Crippen LogP contribution in [0, 0.1) is 0 Å². The number of imidazole rings is 1. The molecule has 1 saturated carbocycles. The van der Waals surface area contributed by atoms with Crippen LogP contribution >= 0.6 is 0 Å². The average Bonchev–Trinajstić information content (AvgIpc) is 3.26. The van der Waals surface area contributed by atoms with Crippen molar-refractivity contribution in [2.45, 2.75) is 24.8 Å². The third kappa shape index (κ3) is 3.33. The maximum atomic E-state index is 6.56. The number of fused-ring (bicyclic) bond motifs is 1. The second kappa shape index (κ2) is 8.04. The van der Waals surface area contributed by atoms with E-state index in [4.69, 9.17) is 20.4 Å². The Hall–Kier alpha value is -4.10. The lowest BCUT2D eigenvalue weighted by atomic mass is 9.73. The molecule has 1 fully saturated rings. The van der Waals surface area contributed by atoms with Gasteiger partial charge in [0.25, 0.3) is 0 Å². The molecule has 2 N–H and O–H groups in total. The monoisotopic (exact) mass is 448 g/mol. The zero-order valence-electron chi connectivity index (χ0n) is 18.8. The molecule has 34 heavy (non-hydrogen) atoms. The number of nitrogens with zero attached hydrogens (tertiary/aromatic N) is 5. The van der Waals surface area contributed by atoms with Crippen molar-refractivity contribution in [1.29, 1.82) is 0 Å². The van der Waals surface area contributed by atoms with Gasteiger partial charge < -0.3 is 10.5 Å². The number of nitrogens with two attached hydrogens (primary N) is 1. The van der Waals surface area contributed by atoms with Gasteiger partial charge in [-0.3, -0.25) is 9.55 Å². The van der Waals surface area contributed by atoms with Gasteiger partial charge in [0.1, 0.15) is 11.3 Å². The lowest BCUT2D eigenvalue weighted by molar-refractivity contribution is 0.253. The first-order chi connectivity index (χ1) is 16.7. The Morgan fingerprint density at radius 1 is 0.941 bits per heavy atom. The molecule has 5 aromatic rings. The van der Waals surface area contributed by atoms with Gasteiger partial charge in [0.15, 0.2) is 17.3 Å². The second-order valence-electron chi connectivity index (χ2n) is 8.67. The summed E-state index contributed by atoms with van der Waals surface area (Å²) in [5, 5.41) is 0. The number of pyridine rings is 1. The lowest BCUT2D eigenvalue weighted by Gasteiger charge is -2.38. The highest BCUT2D eigenvalue weighted by Crippen LogP contribution is 2.39. The van der Waals surface area contributed by atoms with Gasteiger partial charge in [-0.15, -0.1) is 0 Å². The fraction of sp³-hybridized carbons (Fsp3) is 0.185. The van der Waals surface area contributed by atoms with E-state index in [2.05, 4.69) is 34.2 Å². The maximum Gasteiger partial charge on any atom is 0.169 e. The number of hydrogen-bond acceptors (Lipinski definition) is 6. The zero-order valence-corrected chi connectivity index (χ0v) is 18.8. The summed E-state index contributed by atoms with van der Waals surface area (Å²) >= 11 is 0. The van der Waals surface area contributed by atoms with Crippen LogP contribution < -0.4 is 10.5 Å². The first-order valence-corrected chi connectivity index (χ1v) is 11.4. The average molecular weight is 449 g/mol. The molecule has 0 atom stereocenters. The van der Waals surface area contributed by atoms with Gasteiger partial charge in [0, 0.05) is 29.2 Å². The third-order valence-electron chi connectivity index (χ3n) is 6.62. The summed E-state index contributed by atoms with van der Waals surface area (Å²) in [6.07, 6.45) is 8.45. The molecule has 0 radical (unpaired) electrons. The molecular weight excluding hydrogens is 424 g/mol. The van der Waals surface area contributed by atoms with E-state index in [-0.39, 0.29) is 5.54 Å². The molecule has 0 bridgehead atoms. The smallest absolute Gasteiger partial charge is 0.169 e. The maximum absolute atomic E-state index is 6.56. The van der Waals surface area contributed by atoms with E-state index in [1.807, 2.05) is 41.0 Å². The van der Waals surface area contributed by atoms with Crippen LogP contribution in [0.2, 0.25) is 0 Å². The highest BCUT2D eigenvalue weighted by atomic mass is 16.5. The predicted molar refractivity (Wildman–Crippen MR) is 132 cm³/mol. The van der Waals surface area contributed by atoms with Gasteiger partial charge in [0.05, 0.1) is 18.9 Å². The first kappa shape index (κ1) is 20.5. The van der Waals surface area contributed by atoms with Crippen LogP contribution in [0.15, 0.2) is 79.3 Å². The van der Waals surface area contributed by atoms with E-state index in [0.29, 0.717) is 28.6 Å². The van der Waals surface area contributed by atoms with Crippen molar-refractivity contribution in [2.24, 2.45) is 5.73 Å². The van der Waals surface area contributed by atoms with Gasteiger partial charge in [-0.1, -0.05) is 42.5 Å². The summed E-state index contributed by atoms with van der Waals surface area (Å²) in [5.41, 5.74) is 11.6. The van der Waals surface area contributed by atoms with Crippen molar-refractivity contribution in [1.82, 2.24) is 24.5 Å². The highest BCUT2D eigenvalue weighted by molar-refractivity contribution is 5.82. The summed E-state index contributed by atoms with van der Waals surface area (Å²) in [6.45, 7) is 0. The predicted octanol–water partition coefficient (Wildman–Crippen LogP) is 4.89. The van der Waals surface area contributed by atoms with Crippen molar-refractivity contribution in [3.05, 3.63) is 84.8 Å². The molecule has 7 nitrogen and oxygen atoms in total. The molecule has 3 aromatic heterocycles. The molecular formula is C27H24N6O. The molecule has 0 amide bonds. The standard InChI is InChI=1S/C27H24N6O/c1-34-23-12-15-29-16-21(23)25-31-22-17-30-24(18-6-3-2-4-7-18)32-26(22)33(25)20-10-8-19(9-11-20)27(28)13-5-14-27/h2-4,6-12,15-17H,5,13-14,28H2,1H3. The van der Waals surface area contributed by atoms with Crippen molar-refractivity contribution < 1.29 is 4.74 Å². The Labute approximate surface area is 197 Å². The minimum absolute atomic E-state index is 0.215. The molecule has 2 aromatic carbocycles. The largest absolute Gasteiger partial charge is 0.496 e. The summed E-state index contributed by atoms with van der Waals surface area (Å²) in [6, 6.07) is 20.2. The minimum atomic E-state index is -0.215. The van der Waals surface area contributed by atoms with E-state index in [9.17, 15) is 0 Å². The lowest BCUT2D eigenvalue weighted by Crippen LogP contribution is -2.43. The summed E-state index contributed by atoms with van der Waals surface area (Å²) in [5.74, 6) is 2.03. The molecule has 168 valence electrons. The minimum Gasteiger partial charge on any atom is -0.496 e. The van der Waals surface area contributed by atoms with Crippen molar-refractivity contribution in [2.75, 3.05) is 7.11 Å². The van der Waals surface area contributed by atoms with Gasteiger partial charge in [-0.05, 0) is 43.0 Å². The number of benzene rings is 2. The molecule has 0 spiro atoms. The molecule has 6 rings (SSSR count). The van der Waals surface area contributed by atoms with Crippen LogP contribution in [0.3, 0.4) is 0 Å². The fourth-order valence-electron chi connectivity index (χ4n) is 4.54. The van der Waals surface area contributed by atoms with E-state index < -0.39 is 0 Å². The molecule has 1 aliphatic rings. The SMILES string of the molecule is COc1ccncc1-c1nc2cnc(-c3ccccc3)nc2n1-c1ccc(C2(N)CCC2)cc1. The van der Waals surface area contributed by atoms with Crippen LogP contribution in [-0.4, -0.2) is 31.6 Å². The Balaban J connectivity index is 1.57. The summed E-state index contributed by atoms with van der Waals surface area (Å²) in [4.78, 5) is 18.7. The summed E-state index contributed by atoms with van der Waals surface area (Å²) < 4.78 is 7.66. The van der Waals surface area contributed by atoms with Crippen molar-refractivity contribution in [3.63, 3.8) is 0 Å². The van der Waals surface area contributed by atoms with E-state index >= 15 is 0 Å². The topological polar surface area (TPSA) is 91.7 Å². The van der Waals surface area contributed by atoms with Crippen LogP contribution in [0.4, 0.5) is 0 Å². The number of ether oxygens (including phenoxy) is 1. The number of rotatable bonds is 5. The Morgan fingerprint density at radius 2 is 1.74 bits per heavy atom. The quantitative estimate of drug-likeness (QED) is 0.412. The Kier molecular flexibility index (Phi) is 4.85. The third-order valence-corrected chi connectivity index (χ3v) is 6.62. The van der Waals surface area contributed by atoms with Gasteiger partial charge in [-0.25, -0.2) is 15.0 Å². The van der Waals surface area contributed by atoms with Gasteiger partial charge in [-0.2, -0.15) is 0 Å². The molecule has 0 aliphatic heterocycles. The molecule has 7 heteroatoms. The summed E-state index contributed by atoms with van der Waals surface area (Å²) in [7, 11) is 1.65. The molecule has 0 saturated heterocycles. The van der Waals surface area contributed by atoms with E-state index in [1.165, 1.54) is 6.42 Å². The van der Waals surface area contributed by atoms with E-state index in [1.54, 1.807) is 25.7 Å². The second-order valence-corrected chi connectivity index (χ2v) is 8.67. The van der Waals surface area contributed by atoms with Crippen molar-refractivity contribution >= 4 is 11.2 Å². The number of methoxy groups -OCH3 is 1. The van der Waals surface area contributed by atoms with Crippen LogP contribution in [0.1, 0.15) is 24.8 Å². The van der Waals surface area contributed by atoms with Gasteiger partial charge in [0.2, 0.25) is 0 Å². The van der Waals surface area contributed by atoms with Crippen molar-refractivity contribution in [3.8, 4) is 34.2 Å². The zero-order chi connectivity index (χ0) is 23.1.